The summed E-state index contributed by atoms with van der Waals surface area (Å²) in [6.07, 6.45) is 1.01. The molecule has 0 saturated heterocycles. The SMILES string of the molecule is NCC1c2ccc(Cl)c(Cl)c2CN1CCc1ccccc1. The van der Waals surface area contributed by atoms with E-state index in [1.807, 2.05) is 12.1 Å². The third-order valence-corrected chi connectivity index (χ3v) is 4.99. The molecule has 1 aliphatic rings. The van der Waals surface area contributed by atoms with Gasteiger partial charge in [-0.1, -0.05) is 59.6 Å². The van der Waals surface area contributed by atoms with Crippen LogP contribution >= 0.6 is 23.2 Å². The van der Waals surface area contributed by atoms with Crippen LogP contribution in [-0.4, -0.2) is 18.0 Å². The lowest BCUT2D eigenvalue weighted by Crippen LogP contribution is -2.29. The molecule has 21 heavy (non-hydrogen) atoms. The highest BCUT2D eigenvalue weighted by atomic mass is 35.5. The maximum Gasteiger partial charge on any atom is 0.0640 e. The van der Waals surface area contributed by atoms with Gasteiger partial charge in [0, 0.05) is 25.7 Å². The Kier molecular flexibility index (Phi) is 4.51. The molecule has 0 aromatic heterocycles. The minimum Gasteiger partial charge on any atom is -0.329 e. The van der Waals surface area contributed by atoms with Gasteiger partial charge in [0.2, 0.25) is 0 Å². The van der Waals surface area contributed by atoms with Gasteiger partial charge in [-0.05, 0) is 29.2 Å². The van der Waals surface area contributed by atoms with Crippen molar-refractivity contribution in [2.75, 3.05) is 13.1 Å². The standard InChI is InChI=1S/C17H18Cl2N2/c18-15-7-6-13-14(17(15)19)11-21(16(13)10-20)9-8-12-4-2-1-3-5-12/h1-7,16H,8-11,20H2. The van der Waals surface area contributed by atoms with E-state index in [0.29, 0.717) is 16.6 Å². The van der Waals surface area contributed by atoms with Crippen LogP contribution in [0.1, 0.15) is 22.7 Å². The van der Waals surface area contributed by atoms with Crippen LogP contribution in [0.3, 0.4) is 0 Å². The van der Waals surface area contributed by atoms with Gasteiger partial charge >= 0.3 is 0 Å². The predicted molar refractivity (Wildman–Crippen MR) is 88.8 cm³/mol. The maximum absolute atomic E-state index is 6.34. The van der Waals surface area contributed by atoms with Crippen molar-refractivity contribution in [3.05, 3.63) is 69.2 Å². The van der Waals surface area contributed by atoms with Crippen molar-refractivity contribution in [1.29, 1.82) is 0 Å². The highest BCUT2D eigenvalue weighted by Crippen LogP contribution is 2.40. The number of halogens is 2. The lowest BCUT2D eigenvalue weighted by Gasteiger charge is -2.23. The van der Waals surface area contributed by atoms with Gasteiger partial charge in [0.05, 0.1) is 10.0 Å². The minimum atomic E-state index is 0.235. The van der Waals surface area contributed by atoms with Gasteiger partial charge in [-0.15, -0.1) is 0 Å². The zero-order valence-corrected chi connectivity index (χ0v) is 13.2. The van der Waals surface area contributed by atoms with Crippen molar-refractivity contribution >= 4 is 23.2 Å². The summed E-state index contributed by atoms with van der Waals surface area (Å²) >= 11 is 12.5. The number of nitrogens with two attached hydrogens (primary N) is 1. The molecule has 110 valence electrons. The fourth-order valence-electron chi connectivity index (χ4n) is 3.02. The summed E-state index contributed by atoms with van der Waals surface area (Å²) < 4.78 is 0. The summed E-state index contributed by atoms with van der Waals surface area (Å²) in [5.41, 5.74) is 9.67. The molecule has 0 amide bonds. The molecular weight excluding hydrogens is 303 g/mol. The van der Waals surface area contributed by atoms with E-state index in [9.17, 15) is 0 Å². The monoisotopic (exact) mass is 320 g/mol. The molecule has 2 aromatic carbocycles. The summed E-state index contributed by atoms with van der Waals surface area (Å²) in [6.45, 7) is 2.39. The van der Waals surface area contributed by atoms with E-state index < -0.39 is 0 Å². The van der Waals surface area contributed by atoms with Crippen LogP contribution in [0.15, 0.2) is 42.5 Å². The number of rotatable bonds is 4. The second kappa shape index (κ2) is 6.37. The van der Waals surface area contributed by atoms with Gasteiger partial charge in [-0.3, -0.25) is 4.90 Å². The summed E-state index contributed by atoms with van der Waals surface area (Å²) in [4.78, 5) is 2.39. The summed E-state index contributed by atoms with van der Waals surface area (Å²) in [7, 11) is 0. The highest BCUT2D eigenvalue weighted by Gasteiger charge is 2.30. The molecule has 2 nitrogen and oxygen atoms in total. The van der Waals surface area contributed by atoms with E-state index in [0.717, 1.165) is 25.1 Å². The minimum absolute atomic E-state index is 0.235. The van der Waals surface area contributed by atoms with Crippen molar-refractivity contribution in [2.45, 2.75) is 19.0 Å². The van der Waals surface area contributed by atoms with Gasteiger partial charge in [0.15, 0.2) is 0 Å². The van der Waals surface area contributed by atoms with Gasteiger partial charge in [-0.2, -0.15) is 0 Å². The van der Waals surface area contributed by atoms with Crippen molar-refractivity contribution in [3.8, 4) is 0 Å². The van der Waals surface area contributed by atoms with Crippen LogP contribution in [0, 0.1) is 0 Å². The summed E-state index contributed by atoms with van der Waals surface area (Å²) in [5.74, 6) is 0. The fourth-order valence-corrected chi connectivity index (χ4v) is 3.43. The first kappa shape index (κ1) is 14.9. The van der Waals surface area contributed by atoms with Gasteiger partial charge in [-0.25, -0.2) is 0 Å². The lowest BCUT2D eigenvalue weighted by molar-refractivity contribution is 0.223. The van der Waals surface area contributed by atoms with Gasteiger partial charge < -0.3 is 5.73 Å². The molecule has 1 heterocycles. The van der Waals surface area contributed by atoms with Gasteiger partial charge in [0.25, 0.3) is 0 Å². The average molecular weight is 321 g/mol. The molecule has 4 heteroatoms. The molecule has 0 saturated carbocycles. The second-order valence-corrected chi connectivity index (χ2v) is 6.17. The normalized spacial score (nSPS) is 18.0. The molecular formula is C17H18Cl2N2. The Morgan fingerprint density at radius 1 is 1.10 bits per heavy atom. The number of hydrogen-bond acceptors (Lipinski definition) is 2. The van der Waals surface area contributed by atoms with Crippen LogP contribution in [0.2, 0.25) is 10.0 Å². The molecule has 0 fully saturated rings. The second-order valence-electron chi connectivity index (χ2n) is 5.39. The van der Waals surface area contributed by atoms with E-state index in [1.54, 1.807) is 0 Å². The Morgan fingerprint density at radius 2 is 1.86 bits per heavy atom. The Bertz CT molecular complexity index is 628. The topological polar surface area (TPSA) is 29.3 Å². The van der Waals surface area contributed by atoms with Crippen LogP contribution < -0.4 is 5.73 Å². The molecule has 0 radical (unpaired) electrons. The smallest absolute Gasteiger partial charge is 0.0640 e. The van der Waals surface area contributed by atoms with Crippen LogP contribution in [0.4, 0.5) is 0 Å². The quantitative estimate of drug-likeness (QED) is 0.920. The zero-order chi connectivity index (χ0) is 14.8. The molecule has 1 unspecified atom stereocenters. The van der Waals surface area contributed by atoms with Crippen molar-refractivity contribution in [3.63, 3.8) is 0 Å². The molecule has 3 rings (SSSR count). The van der Waals surface area contributed by atoms with Crippen molar-refractivity contribution in [2.24, 2.45) is 5.73 Å². The number of nitrogens with zero attached hydrogens (tertiary/aromatic N) is 1. The van der Waals surface area contributed by atoms with E-state index in [-0.39, 0.29) is 6.04 Å². The average Bonchev–Trinajstić information content (AvgIpc) is 2.88. The molecule has 1 aliphatic heterocycles. The predicted octanol–water partition coefficient (Wildman–Crippen LogP) is 4.05. The molecule has 1 atom stereocenters. The molecule has 0 spiro atoms. The van der Waals surface area contributed by atoms with Crippen LogP contribution in [0.5, 0.6) is 0 Å². The van der Waals surface area contributed by atoms with Crippen LogP contribution in [0.25, 0.3) is 0 Å². The van der Waals surface area contributed by atoms with Gasteiger partial charge in [0.1, 0.15) is 0 Å². The van der Waals surface area contributed by atoms with Crippen molar-refractivity contribution < 1.29 is 0 Å². The Balaban J connectivity index is 1.77. The number of benzene rings is 2. The Labute approximate surface area is 135 Å². The van der Waals surface area contributed by atoms with E-state index in [2.05, 4.69) is 35.2 Å². The van der Waals surface area contributed by atoms with E-state index in [1.165, 1.54) is 11.1 Å². The first-order valence-electron chi connectivity index (χ1n) is 7.15. The molecule has 2 aromatic rings. The summed E-state index contributed by atoms with van der Waals surface area (Å²) in [6, 6.07) is 14.7. The molecule has 2 N–H and O–H groups in total. The largest absolute Gasteiger partial charge is 0.329 e. The van der Waals surface area contributed by atoms with Crippen LogP contribution in [-0.2, 0) is 13.0 Å². The zero-order valence-electron chi connectivity index (χ0n) is 11.7. The number of fused-ring (bicyclic) bond motifs is 1. The third kappa shape index (κ3) is 2.95. The molecule has 0 bridgehead atoms. The Morgan fingerprint density at radius 3 is 2.57 bits per heavy atom. The highest BCUT2D eigenvalue weighted by molar-refractivity contribution is 6.42. The maximum atomic E-state index is 6.34. The molecule has 0 aliphatic carbocycles. The Hall–Kier alpha value is -1.06. The van der Waals surface area contributed by atoms with E-state index in [4.69, 9.17) is 28.9 Å². The number of hydrogen-bond donors (Lipinski definition) is 1. The van der Waals surface area contributed by atoms with Crippen molar-refractivity contribution in [1.82, 2.24) is 4.90 Å². The lowest BCUT2D eigenvalue weighted by atomic mass is 10.0. The first-order valence-corrected chi connectivity index (χ1v) is 7.91. The fraction of sp³-hybridized carbons (Fsp3) is 0.294. The third-order valence-electron chi connectivity index (χ3n) is 4.15. The first-order chi connectivity index (χ1) is 10.2. The van der Waals surface area contributed by atoms with E-state index >= 15 is 0 Å². The summed E-state index contributed by atoms with van der Waals surface area (Å²) in [5, 5.41) is 1.30.